The molecule has 0 aliphatic rings. The first kappa shape index (κ1) is 20.0. The lowest BCUT2D eigenvalue weighted by atomic mass is 10.3. The van der Waals surface area contributed by atoms with Crippen LogP contribution in [-0.4, -0.2) is 40.0 Å². The van der Waals surface area contributed by atoms with E-state index in [4.69, 9.17) is 0 Å². The number of nitrogens with one attached hydrogen (secondary N) is 2. The first-order valence-electron chi connectivity index (χ1n) is 5.97. The van der Waals surface area contributed by atoms with Gasteiger partial charge in [0.15, 0.2) is 0 Å². The second kappa shape index (κ2) is 7.25. The fourth-order valence-electron chi connectivity index (χ4n) is 1.33. The summed E-state index contributed by atoms with van der Waals surface area (Å²) in [5.74, 6) is -1.89. The van der Waals surface area contributed by atoms with E-state index in [1.807, 2.05) is 0 Å². The van der Waals surface area contributed by atoms with Crippen molar-refractivity contribution >= 4 is 15.9 Å². The molecule has 0 saturated heterocycles. The molecule has 0 unspecified atom stereocenters. The summed E-state index contributed by atoms with van der Waals surface area (Å²) in [6.07, 6.45) is -9.60. The Morgan fingerprint density at radius 2 is 1.58 bits per heavy atom. The van der Waals surface area contributed by atoms with Crippen LogP contribution in [0.5, 0.6) is 5.75 Å². The number of carbonyl (C=O) groups excluding carboxylic acids is 1. The van der Waals surface area contributed by atoms with Gasteiger partial charge in [0.2, 0.25) is 15.9 Å². The molecule has 0 aliphatic carbocycles. The predicted octanol–water partition coefficient (Wildman–Crippen LogP) is 1.54. The molecular formula is C11H10F6N2O4S. The summed E-state index contributed by atoms with van der Waals surface area (Å²) >= 11 is 0. The van der Waals surface area contributed by atoms with Gasteiger partial charge in [0.1, 0.15) is 12.3 Å². The van der Waals surface area contributed by atoms with Crippen molar-refractivity contribution in [2.75, 3.05) is 13.1 Å². The van der Waals surface area contributed by atoms with E-state index >= 15 is 0 Å². The molecule has 0 aliphatic heterocycles. The largest absolute Gasteiger partial charge is 0.573 e. The molecule has 0 bridgehead atoms. The summed E-state index contributed by atoms with van der Waals surface area (Å²) < 4.78 is 100. The molecule has 24 heavy (non-hydrogen) atoms. The second-order valence-electron chi connectivity index (χ2n) is 4.24. The lowest BCUT2D eigenvalue weighted by Gasteiger charge is -2.11. The maximum absolute atomic E-state index is 12.0. The van der Waals surface area contributed by atoms with Crippen LogP contribution in [0.3, 0.4) is 0 Å². The maximum Gasteiger partial charge on any atom is 0.573 e. The van der Waals surface area contributed by atoms with Crippen molar-refractivity contribution in [3.63, 3.8) is 0 Å². The minimum absolute atomic E-state index is 0.499. The zero-order valence-electron chi connectivity index (χ0n) is 11.5. The van der Waals surface area contributed by atoms with Crippen molar-refractivity contribution in [1.29, 1.82) is 0 Å². The molecule has 0 spiro atoms. The summed E-state index contributed by atoms with van der Waals surface area (Å²) in [6, 6.07) is 3.01. The number of ether oxygens (including phenoxy) is 1. The fraction of sp³-hybridized carbons (Fsp3) is 0.364. The summed E-state index contributed by atoms with van der Waals surface area (Å²) in [7, 11) is -4.30. The number of hydrogen-bond donors (Lipinski definition) is 2. The third kappa shape index (κ3) is 7.50. The standard InChI is InChI=1S/C11H10F6N2O4S/c12-10(13,14)6-18-9(20)5-19-24(21,22)8-3-1-7(2-4-8)23-11(15,16)17/h1-4,19H,5-6H2,(H,18,20). The van der Waals surface area contributed by atoms with Crippen LogP contribution >= 0.6 is 0 Å². The molecule has 1 aromatic rings. The molecule has 0 fully saturated rings. The van der Waals surface area contributed by atoms with Crippen LogP contribution in [0.25, 0.3) is 0 Å². The Kier molecular flexibility index (Phi) is 6.05. The Balaban J connectivity index is 2.64. The first-order valence-corrected chi connectivity index (χ1v) is 7.46. The number of hydrogen-bond acceptors (Lipinski definition) is 4. The topological polar surface area (TPSA) is 84.5 Å². The van der Waals surface area contributed by atoms with Crippen LogP contribution in [0.15, 0.2) is 29.2 Å². The van der Waals surface area contributed by atoms with Crippen molar-refractivity contribution in [2.24, 2.45) is 0 Å². The smallest absolute Gasteiger partial charge is 0.406 e. The number of benzene rings is 1. The van der Waals surface area contributed by atoms with Gasteiger partial charge in [-0.1, -0.05) is 0 Å². The molecule has 0 heterocycles. The number of alkyl halides is 6. The highest BCUT2D eigenvalue weighted by molar-refractivity contribution is 7.89. The molecule has 1 aromatic carbocycles. The van der Waals surface area contributed by atoms with Crippen molar-refractivity contribution < 1.29 is 44.3 Å². The normalized spacial score (nSPS) is 12.8. The molecule has 0 aromatic heterocycles. The fourth-order valence-corrected chi connectivity index (χ4v) is 2.31. The summed E-state index contributed by atoms with van der Waals surface area (Å²) in [6.45, 7) is -2.60. The van der Waals surface area contributed by atoms with Gasteiger partial charge in [0, 0.05) is 0 Å². The Morgan fingerprint density at radius 1 is 1.04 bits per heavy atom. The first-order chi connectivity index (χ1) is 10.8. The Morgan fingerprint density at radius 3 is 2.04 bits per heavy atom. The number of halogens is 6. The molecule has 13 heteroatoms. The average molecular weight is 380 g/mol. The molecule has 0 atom stereocenters. The van der Waals surface area contributed by atoms with Gasteiger partial charge < -0.3 is 10.1 Å². The molecule has 0 radical (unpaired) electrons. The highest BCUT2D eigenvalue weighted by Gasteiger charge is 2.31. The molecule has 1 amide bonds. The number of amides is 1. The SMILES string of the molecule is O=C(CNS(=O)(=O)c1ccc(OC(F)(F)F)cc1)NCC(F)(F)F. The van der Waals surface area contributed by atoms with Crippen molar-refractivity contribution in [3.05, 3.63) is 24.3 Å². The van der Waals surface area contributed by atoms with E-state index in [0.29, 0.717) is 0 Å². The van der Waals surface area contributed by atoms with Crippen LogP contribution in [0.1, 0.15) is 0 Å². The minimum Gasteiger partial charge on any atom is -0.406 e. The quantitative estimate of drug-likeness (QED) is 0.734. The average Bonchev–Trinajstić information content (AvgIpc) is 2.41. The van der Waals surface area contributed by atoms with Gasteiger partial charge in [-0.2, -0.15) is 13.2 Å². The molecule has 0 saturated carbocycles. The molecule has 136 valence electrons. The van der Waals surface area contributed by atoms with Crippen LogP contribution in [0, 0.1) is 0 Å². The van der Waals surface area contributed by atoms with Crippen LogP contribution in [0.2, 0.25) is 0 Å². The van der Waals surface area contributed by atoms with Gasteiger partial charge in [0.25, 0.3) is 0 Å². The van der Waals surface area contributed by atoms with E-state index in [0.717, 1.165) is 24.3 Å². The van der Waals surface area contributed by atoms with Crippen LogP contribution in [-0.2, 0) is 14.8 Å². The predicted molar refractivity (Wildman–Crippen MR) is 67.4 cm³/mol. The van der Waals surface area contributed by atoms with Gasteiger partial charge in [-0.25, -0.2) is 13.1 Å². The third-order valence-electron chi connectivity index (χ3n) is 2.28. The lowest BCUT2D eigenvalue weighted by molar-refractivity contribution is -0.274. The van der Waals surface area contributed by atoms with Gasteiger partial charge in [-0.15, -0.1) is 13.2 Å². The number of sulfonamides is 1. The summed E-state index contributed by atoms with van der Waals surface area (Å²) in [5.41, 5.74) is 0. The highest BCUT2D eigenvalue weighted by Crippen LogP contribution is 2.23. The monoisotopic (exact) mass is 380 g/mol. The molecule has 1 rings (SSSR count). The van der Waals surface area contributed by atoms with Gasteiger partial charge in [0.05, 0.1) is 11.4 Å². The van der Waals surface area contributed by atoms with E-state index < -0.39 is 52.2 Å². The zero-order valence-corrected chi connectivity index (χ0v) is 12.3. The zero-order chi connectivity index (χ0) is 18.6. The summed E-state index contributed by atoms with van der Waals surface area (Å²) in [4.78, 5) is 10.6. The highest BCUT2D eigenvalue weighted by atomic mass is 32.2. The number of rotatable bonds is 6. The van der Waals surface area contributed by atoms with E-state index in [2.05, 4.69) is 4.74 Å². The minimum atomic E-state index is -4.95. The Labute approximate surface area is 131 Å². The molecular weight excluding hydrogens is 370 g/mol. The van der Waals surface area contributed by atoms with Crippen molar-refractivity contribution in [3.8, 4) is 5.75 Å². The third-order valence-corrected chi connectivity index (χ3v) is 3.69. The van der Waals surface area contributed by atoms with Gasteiger partial charge in [-0.05, 0) is 24.3 Å². The van der Waals surface area contributed by atoms with Crippen molar-refractivity contribution in [2.45, 2.75) is 17.4 Å². The van der Waals surface area contributed by atoms with E-state index in [1.165, 1.54) is 5.32 Å². The van der Waals surface area contributed by atoms with E-state index in [-0.39, 0.29) is 0 Å². The Hall–Kier alpha value is -2.02. The lowest BCUT2D eigenvalue weighted by Crippen LogP contribution is -2.40. The van der Waals surface area contributed by atoms with Crippen molar-refractivity contribution in [1.82, 2.24) is 10.0 Å². The molecule has 2 N–H and O–H groups in total. The summed E-state index contributed by atoms with van der Waals surface area (Å²) in [5, 5.41) is 1.45. The second-order valence-corrected chi connectivity index (χ2v) is 6.00. The van der Waals surface area contributed by atoms with E-state index in [1.54, 1.807) is 4.72 Å². The Bertz CT molecular complexity index is 669. The number of carbonyl (C=O) groups is 1. The maximum atomic E-state index is 12.0. The van der Waals surface area contributed by atoms with Gasteiger partial charge >= 0.3 is 12.5 Å². The molecule has 6 nitrogen and oxygen atoms in total. The van der Waals surface area contributed by atoms with Crippen LogP contribution < -0.4 is 14.8 Å². The van der Waals surface area contributed by atoms with E-state index in [9.17, 15) is 39.6 Å². The van der Waals surface area contributed by atoms with Gasteiger partial charge in [-0.3, -0.25) is 4.79 Å². The van der Waals surface area contributed by atoms with Crippen LogP contribution in [0.4, 0.5) is 26.3 Å².